The van der Waals surface area contributed by atoms with Crippen molar-refractivity contribution in [1.82, 2.24) is 5.32 Å². The molecule has 1 saturated carbocycles. The van der Waals surface area contributed by atoms with Crippen LogP contribution in [0.4, 0.5) is 0 Å². The molecule has 3 N–H and O–H groups in total. The molecule has 0 spiro atoms. The van der Waals surface area contributed by atoms with Crippen LogP contribution in [0.3, 0.4) is 0 Å². The first-order chi connectivity index (χ1) is 6.31. The number of carbonyl (C=O) groups is 1. The van der Waals surface area contributed by atoms with E-state index in [0.717, 1.165) is 31.8 Å². The summed E-state index contributed by atoms with van der Waals surface area (Å²) in [4.78, 5) is 11.1. The maximum atomic E-state index is 11.1. The molecule has 2 atom stereocenters. The first-order valence-electron chi connectivity index (χ1n) is 5.28. The van der Waals surface area contributed by atoms with Gasteiger partial charge < -0.3 is 11.1 Å². The third-order valence-electron chi connectivity index (χ3n) is 3.34. The molecule has 1 aliphatic heterocycles. The standard InChI is InChI=1S/C10H18N2O/c11-4-3-9(7-1-2-7)8-5-10(13)12-6-8/h7-9H,1-6,11H2,(H,12,13). The number of carbonyl (C=O) groups excluding carboxylic acids is 1. The highest BCUT2D eigenvalue weighted by Crippen LogP contribution is 2.43. The average molecular weight is 182 g/mol. The number of nitrogens with one attached hydrogen (secondary N) is 1. The van der Waals surface area contributed by atoms with Crippen LogP contribution < -0.4 is 11.1 Å². The van der Waals surface area contributed by atoms with Crippen LogP contribution in [0.1, 0.15) is 25.7 Å². The summed E-state index contributed by atoms with van der Waals surface area (Å²) in [6, 6.07) is 0. The van der Waals surface area contributed by atoms with Crippen molar-refractivity contribution in [2.24, 2.45) is 23.5 Å². The van der Waals surface area contributed by atoms with Gasteiger partial charge in [0, 0.05) is 13.0 Å². The lowest BCUT2D eigenvalue weighted by molar-refractivity contribution is -0.119. The van der Waals surface area contributed by atoms with Crippen molar-refractivity contribution >= 4 is 5.91 Å². The molecule has 1 aliphatic carbocycles. The van der Waals surface area contributed by atoms with E-state index < -0.39 is 0 Å². The summed E-state index contributed by atoms with van der Waals surface area (Å²) in [5.41, 5.74) is 5.59. The number of hydrogen-bond donors (Lipinski definition) is 2. The van der Waals surface area contributed by atoms with Crippen LogP contribution >= 0.6 is 0 Å². The monoisotopic (exact) mass is 182 g/mol. The van der Waals surface area contributed by atoms with Gasteiger partial charge >= 0.3 is 0 Å². The highest BCUT2D eigenvalue weighted by Gasteiger charge is 2.38. The van der Waals surface area contributed by atoms with Crippen molar-refractivity contribution in [2.75, 3.05) is 13.1 Å². The van der Waals surface area contributed by atoms with E-state index in [4.69, 9.17) is 5.73 Å². The molecule has 0 aromatic rings. The summed E-state index contributed by atoms with van der Waals surface area (Å²) in [5, 5.41) is 2.91. The molecule has 74 valence electrons. The molecule has 0 aromatic heterocycles. The summed E-state index contributed by atoms with van der Waals surface area (Å²) in [6.07, 6.45) is 4.55. The molecule has 0 radical (unpaired) electrons. The van der Waals surface area contributed by atoms with E-state index in [1.807, 2.05) is 0 Å². The van der Waals surface area contributed by atoms with E-state index in [2.05, 4.69) is 5.32 Å². The highest BCUT2D eigenvalue weighted by molar-refractivity contribution is 5.78. The highest BCUT2D eigenvalue weighted by atomic mass is 16.1. The van der Waals surface area contributed by atoms with Gasteiger partial charge in [0.25, 0.3) is 0 Å². The summed E-state index contributed by atoms with van der Waals surface area (Å²) in [7, 11) is 0. The zero-order chi connectivity index (χ0) is 9.26. The molecule has 0 aromatic carbocycles. The number of amides is 1. The largest absolute Gasteiger partial charge is 0.356 e. The Kier molecular flexibility index (Phi) is 2.54. The Morgan fingerprint density at radius 1 is 1.46 bits per heavy atom. The normalized spacial score (nSPS) is 30.2. The fraction of sp³-hybridized carbons (Fsp3) is 0.900. The van der Waals surface area contributed by atoms with Gasteiger partial charge in [0.15, 0.2) is 0 Å². The lowest BCUT2D eigenvalue weighted by atomic mass is 9.85. The second-order valence-corrected chi connectivity index (χ2v) is 4.35. The van der Waals surface area contributed by atoms with Gasteiger partial charge in [-0.3, -0.25) is 4.79 Å². The predicted molar refractivity (Wildman–Crippen MR) is 51.0 cm³/mol. The van der Waals surface area contributed by atoms with E-state index in [-0.39, 0.29) is 5.91 Å². The zero-order valence-corrected chi connectivity index (χ0v) is 7.96. The molecule has 2 fully saturated rings. The van der Waals surface area contributed by atoms with Crippen molar-refractivity contribution in [1.29, 1.82) is 0 Å². The summed E-state index contributed by atoms with van der Waals surface area (Å²) >= 11 is 0. The van der Waals surface area contributed by atoms with E-state index in [9.17, 15) is 4.79 Å². The second kappa shape index (κ2) is 3.66. The second-order valence-electron chi connectivity index (χ2n) is 4.35. The summed E-state index contributed by atoms with van der Waals surface area (Å²) in [6.45, 7) is 1.66. The van der Waals surface area contributed by atoms with Crippen LogP contribution in [0.25, 0.3) is 0 Å². The Bertz CT molecular complexity index is 201. The lowest BCUT2D eigenvalue weighted by Crippen LogP contribution is -2.22. The first kappa shape index (κ1) is 9.00. The Morgan fingerprint density at radius 3 is 2.69 bits per heavy atom. The minimum atomic E-state index is 0.229. The van der Waals surface area contributed by atoms with Crippen molar-refractivity contribution in [3.63, 3.8) is 0 Å². The molecule has 2 aliphatic rings. The summed E-state index contributed by atoms with van der Waals surface area (Å²) in [5.74, 6) is 2.39. The Labute approximate surface area is 79.1 Å². The van der Waals surface area contributed by atoms with Crippen LogP contribution in [0.15, 0.2) is 0 Å². The predicted octanol–water partition coefficient (Wildman–Crippen LogP) is 0.497. The lowest BCUT2D eigenvalue weighted by Gasteiger charge is -2.20. The van der Waals surface area contributed by atoms with Crippen LogP contribution in [0.2, 0.25) is 0 Å². The third-order valence-corrected chi connectivity index (χ3v) is 3.34. The van der Waals surface area contributed by atoms with Crippen LogP contribution in [-0.2, 0) is 4.79 Å². The van der Waals surface area contributed by atoms with Gasteiger partial charge in [0.1, 0.15) is 0 Å². The number of hydrogen-bond acceptors (Lipinski definition) is 2. The first-order valence-corrected chi connectivity index (χ1v) is 5.28. The van der Waals surface area contributed by atoms with Gasteiger partial charge in [-0.1, -0.05) is 0 Å². The molecule has 13 heavy (non-hydrogen) atoms. The fourth-order valence-corrected chi connectivity index (χ4v) is 2.50. The topological polar surface area (TPSA) is 55.1 Å². The van der Waals surface area contributed by atoms with Gasteiger partial charge in [-0.25, -0.2) is 0 Å². The van der Waals surface area contributed by atoms with Gasteiger partial charge in [0.2, 0.25) is 5.91 Å². The molecule has 1 amide bonds. The van der Waals surface area contributed by atoms with Gasteiger partial charge in [-0.15, -0.1) is 0 Å². The molecular formula is C10H18N2O. The van der Waals surface area contributed by atoms with Crippen molar-refractivity contribution < 1.29 is 4.79 Å². The molecule has 3 heteroatoms. The number of rotatable bonds is 4. The zero-order valence-electron chi connectivity index (χ0n) is 7.96. The summed E-state index contributed by atoms with van der Waals surface area (Å²) < 4.78 is 0. The minimum Gasteiger partial charge on any atom is -0.356 e. The molecule has 3 nitrogen and oxygen atoms in total. The maximum absolute atomic E-state index is 11.1. The quantitative estimate of drug-likeness (QED) is 0.665. The molecular weight excluding hydrogens is 164 g/mol. The number of nitrogens with two attached hydrogens (primary N) is 1. The Morgan fingerprint density at radius 2 is 2.23 bits per heavy atom. The van der Waals surface area contributed by atoms with Gasteiger partial charge in [-0.05, 0) is 43.6 Å². The Balaban J connectivity index is 1.90. The molecule has 1 heterocycles. The van der Waals surface area contributed by atoms with Crippen LogP contribution in [-0.4, -0.2) is 19.0 Å². The molecule has 2 rings (SSSR count). The van der Waals surface area contributed by atoms with E-state index in [1.165, 1.54) is 12.8 Å². The van der Waals surface area contributed by atoms with Crippen molar-refractivity contribution in [3.05, 3.63) is 0 Å². The minimum absolute atomic E-state index is 0.229. The smallest absolute Gasteiger partial charge is 0.220 e. The SMILES string of the molecule is NCCC(C1CC1)C1CNC(=O)C1. The van der Waals surface area contributed by atoms with Crippen LogP contribution in [0.5, 0.6) is 0 Å². The third kappa shape index (κ3) is 2.02. The van der Waals surface area contributed by atoms with E-state index in [1.54, 1.807) is 0 Å². The maximum Gasteiger partial charge on any atom is 0.220 e. The van der Waals surface area contributed by atoms with Gasteiger partial charge in [-0.2, -0.15) is 0 Å². The molecule has 1 saturated heterocycles. The van der Waals surface area contributed by atoms with E-state index in [0.29, 0.717) is 11.8 Å². The molecule has 2 unspecified atom stereocenters. The van der Waals surface area contributed by atoms with Crippen molar-refractivity contribution in [3.8, 4) is 0 Å². The average Bonchev–Trinajstić information content (AvgIpc) is 2.85. The fourth-order valence-electron chi connectivity index (χ4n) is 2.50. The van der Waals surface area contributed by atoms with Gasteiger partial charge in [0.05, 0.1) is 0 Å². The van der Waals surface area contributed by atoms with Crippen molar-refractivity contribution in [2.45, 2.75) is 25.7 Å². The Hall–Kier alpha value is -0.570. The van der Waals surface area contributed by atoms with E-state index >= 15 is 0 Å². The molecule has 0 bridgehead atoms. The van der Waals surface area contributed by atoms with Crippen LogP contribution in [0, 0.1) is 17.8 Å².